The largest absolute Gasteiger partial charge is 0.497 e. The molecular weight excluding hydrogens is 226 g/mol. The van der Waals surface area contributed by atoms with Gasteiger partial charge in [0.1, 0.15) is 5.75 Å². The monoisotopic (exact) mass is 247 g/mol. The SMILES string of the molecule is COc1cccc(C(=O)N2CCCC2C(C)C)c1. The fraction of sp³-hybridized carbons (Fsp3) is 0.533. The fourth-order valence-corrected chi connectivity index (χ4v) is 2.66. The summed E-state index contributed by atoms with van der Waals surface area (Å²) in [5.41, 5.74) is 0.724. The highest BCUT2D eigenvalue weighted by Gasteiger charge is 2.31. The highest BCUT2D eigenvalue weighted by atomic mass is 16.5. The molecule has 1 amide bonds. The first-order valence-corrected chi connectivity index (χ1v) is 6.58. The van der Waals surface area contributed by atoms with Gasteiger partial charge in [-0.3, -0.25) is 4.79 Å². The zero-order valence-electron chi connectivity index (χ0n) is 11.3. The van der Waals surface area contributed by atoms with Crippen molar-refractivity contribution in [3.8, 4) is 5.75 Å². The lowest BCUT2D eigenvalue weighted by molar-refractivity contribution is 0.0701. The highest BCUT2D eigenvalue weighted by molar-refractivity contribution is 5.95. The predicted molar refractivity (Wildman–Crippen MR) is 71.9 cm³/mol. The Morgan fingerprint density at radius 3 is 2.89 bits per heavy atom. The molecule has 1 saturated heterocycles. The van der Waals surface area contributed by atoms with Crippen LogP contribution in [0.1, 0.15) is 37.0 Å². The predicted octanol–water partition coefficient (Wildman–Crippen LogP) is 2.96. The molecule has 1 aromatic rings. The van der Waals surface area contributed by atoms with Gasteiger partial charge in [0, 0.05) is 18.2 Å². The van der Waals surface area contributed by atoms with Crippen LogP contribution in [0.25, 0.3) is 0 Å². The van der Waals surface area contributed by atoms with Crippen LogP contribution in [-0.4, -0.2) is 30.5 Å². The quantitative estimate of drug-likeness (QED) is 0.822. The summed E-state index contributed by atoms with van der Waals surface area (Å²) < 4.78 is 5.17. The Kier molecular flexibility index (Phi) is 3.90. The zero-order chi connectivity index (χ0) is 13.1. The minimum Gasteiger partial charge on any atom is -0.497 e. The van der Waals surface area contributed by atoms with E-state index >= 15 is 0 Å². The number of benzene rings is 1. The van der Waals surface area contributed by atoms with E-state index < -0.39 is 0 Å². The summed E-state index contributed by atoms with van der Waals surface area (Å²) >= 11 is 0. The van der Waals surface area contributed by atoms with Gasteiger partial charge in [-0.2, -0.15) is 0 Å². The summed E-state index contributed by atoms with van der Waals surface area (Å²) in [6.07, 6.45) is 2.23. The van der Waals surface area contributed by atoms with Crippen LogP contribution in [0.3, 0.4) is 0 Å². The molecule has 2 rings (SSSR count). The second-order valence-corrected chi connectivity index (χ2v) is 5.18. The van der Waals surface area contributed by atoms with Gasteiger partial charge in [0.15, 0.2) is 0 Å². The molecule has 0 aromatic heterocycles. The molecule has 0 saturated carbocycles. The maximum atomic E-state index is 12.5. The maximum absolute atomic E-state index is 12.5. The lowest BCUT2D eigenvalue weighted by Gasteiger charge is -2.27. The number of amides is 1. The van der Waals surface area contributed by atoms with Crippen molar-refractivity contribution in [1.29, 1.82) is 0 Å². The summed E-state index contributed by atoms with van der Waals surface area (Å²) in [7, 11) is 1.62. The topological polar surface area (TPSA) is 29.5 Å². The molecule has 0 spiro atoms. The first kappa shape index (κ1) is 12.9. The van der Waals surface area contributed by atoms with Crippen molar-refractivity contribution in [3.63, 3.8) is 0 Å². The van der Waals surface area contributed by atoms with E-state index in [9.17, 15) is 4.79 Å². The molecule has 18 heavy (non-hydrogen) atoms. The van der Waals surface area contributed by atoms with E-state index in [1.807, 2.05) is 29.2 Å². The van der Waals surface area contributed by atoms with Crippen molar-refractivity contribution in [3.05, 3.63) is 29.8 Å². The van der Waals surface area contributed by atoms with E-state index in [0.29, 0.717) is 12.0 Å². The van der Waals surface area contributed by atoms with E-state index in [0.717, 1.165) is 30.7 Å². The first-order valence-electron chi connectivity index (χ1n) is 6.58. The second-order valence-electron chi connectivity index (χ2n) is 5.18. The van der Waals surface area contributed by atoms with Gasteiger partial charge in [-0.1, -0.05) is 19.9 Å². The standard InChI is InChI=1S/C15H21NO2/c1-11(2)14-8-5-9-16(14)15(17)12-6-4-7-13(10-12)18-3/h4,6-7,10-11,14H,5,8-9H2,1-3H3. The number of nitrogens with zero attached hydrogens (tertiary/aromatic N) is 1. The molecule has 1 aliphatic heterocycles. The van der Waals surface area contributed by atoms with Crippen LogP contribution < -0.4 is 4.74 Å². The first-order chi connectivity index (χ1) is 8.63. The Labute approximate surface area is 109 Å². The average molecular weight is 247 g/mol. The normalized spacial score (nSPS) is 19.3. The van der Waals surface area contributed by atoms with Crippen LogP contribution in [0.4, 0.5) is 0 Å². The second kappa shape index (κ2) is 5.42. The van der Waals surface area contributed by atoms with E-state index in [1.54, 1.807) is 7.11 Å². The van der Waals surface area contributed by atoms with Gasteiger partial charge in [0.25, 0.3) is 5.91 Å². The Balaban J connectivity index is 2.19. The Hall–Kier alpha value is -1.51. The van der Waals surface area contributed by atoms with Gasteiger partial charge in [0.05, 0.1) is 7.11 Å². The summed E-state index contributed by atoms with van der Waals surface area (Å²) in [5.74, 6) is 1.38. The third-order valence-electron chi connectivity index (χ3n) is 3.65. The molecule has 3 nitrogen and oxygen atoms in total. The lowest BCUT2D eigenvalue weighted by atomic mass is 10.0. The van der Waals surface area contributed by atoms with Crippen molar-refractivity contribution in [2.24, 2.45) is 5.92 Å². The summed E-state index contributed by atoms with van der Waals surface area (Å²) in [4.78, 5) is 14.5. The molecule has 1 aromatic carbocycles. The molecule has 1 atom stereocenters. The number of carbonyl (C=O) groups excluding carboxylic acids is 1. The number of likely N-dealkylation sites (tertiary alicyclic amines) is 1. The molecule has 0 N–H and O–H groups in total. The minimum absolute atomic E-state index is 0.130. The van der Waals surface area contributed by atoms with Gasteiger partial charge >= 0.3 is 0 Å². The van der Waals surface area contributed by atoms with E-state index in [2.05, 4.69) is 13.8 Å². The molecule has 0 radical (unpaired) electrons. The lowest BCUT2D eigenvalue weighted by Crippen LogP contribution is -2.38. The number of ether oxygens (including phenoxy) is 1. The van der Waals surface area contributed by atoms with Gasteiger partial charge in [-0.05, 0) is 37.0 Å². The van der Waals surface area contributed by atoms with E-state index in [-0.39, 0.29) is 5.91 Å². The third kappa shape index (κ3) is 2.50. The smallest absolute Gasteiger partial charge is 0.254 e. The van der Waals surface area contributed by atoms with Crippen LogP contribution in [0, 0.1) is 5.92 Å². The van der Waals surface area contributed by atoms with Crippen molar-refractivity contribution in [2.45, 2.75) is 32.7 Å². The average Bonchev–Trinajstić information content (AvgIpc) is 2.87. The molecule has 1 fully saturated rings. The number of rotatable bonds is 3. The number of hydrogen-bond donors (Lipinski definition) is 0. The van der Waals surface area contributed by atoms with E-state index in [1.165, 1.54) is 0 Å². The molecule has 0 bridgehead atoms. The summed E-state index contributed by atoms with van der Waals surface area (Å²) in [6.45, 7) is 5.24. The fourth-order valence-electron chi connectivity index (χ4n) is 2.66. The zero-order valence-corrected chi connectivity index (χ0v) is 11.3. The van der Waals surface area contributed by atoms with Gasteiger partial charge in [-0.25, -0.2) is 0 Å². The van der Waals surface area contributed by atoms with Crippen molar-refractivity contribution in [1.82, 2.24) is 4.90 Å². The van der Waals surface area contributed by atoms with Crippen molar-refractivity contribution >= 4 is 5.91 Å². The van der Waals surface area contributed by atoms with Gasteiger partial charge < -0.3 is 9.64 Å². The Morgan fingerprint density at radius 2 is 2.22 bits per heavy atom. The van der Waals surface area contributed by atoms with Crippen LogP contribution in [0.15, 0.2) is 24.3 Å². The van der Waals surface area contributed by atoms with E-state index in [4.69, 9.17) is 4.74 Å². The Morgan fingerprint density at radius 1 is 1.44 bits per heavy atom. The third-order valence-corrected chi connectivity index (χ3v) is 3.65. The molecular formula is C15H21NO2. The minimum atomic E-state index is 0.130. The van der Waals surface area contributed by atoms with Gasteiger partial charge in [-0.15, -0.1) is 0 Å². The summed E-state index contributed by atoms with van der Waals surface area (Å²) in [5, 5.41) is 0. The summed E-state index contributed by atoms with van der Waals surface area (Å²) in [6, 6.07) is 7.79. The van der Waals surface area contributed by atoms with Crippen LogP contribution >= 0.6 is 0 Å². The number of carbonyl (C=O) groups is 1. The maximum Gasteiger partial charge on any atom is 0.254 e. The molecule has 0 aliphatic carbocycles. The van der Waals surface area contributed by atoms with Crippen molar-refractivity contribution in [2.75, 3.05) is 13.7 Å². The molecule has 1 heterocycles. The van der Waals surface area contributed by atoms with Crippen LogP contribution in [0.2, 0.25) is 0 Å². The van der Waals surface area contributed by atoms with Crippen molar-refractivity contribution < 1.29 is 9.53 Å². The van der Waals surface area contributed by atoms with Gasteiger partial charge in [0.2, 0.25) is 0 Å². The Bertz CT molecular complexity index is 428. The highest BCUT2D eigenvalue weighted by Crippen LogP contribution is 2.26. The number of methoxy groups -OCH3 is 1. The molecule has 98 valence electrons. The van der Waals surface area contributed by atoms with Crippen LogP contribution in [-0.2, 0) is 0 Å². The number of hydrogen-bond acceptors (Lipinski definition) is 2. The molecule has 1 aliphatic rings. The molecule has 3 heteroatoms. The van der Waals surface area contributed by atoms with Crippen LogP contribution in [0.5, 0.6) is 5.75 Å². The molecule has 1 unspecified atom stereocenters.